The number of rotatable bonds is 4. The van der Waals surface area contributed by atoms with Crippen LogP contribution in [0.1, 0.15) is 47.2 Å². The van der Waals surface area contributed by atoms with Crippen molar-refractivity contribution in [2.75, 3.05) is 19.7 Å². The summed E-state index contributed by atoms with van der Waals surface area (Å²) in [4.78, 5) is 26.0. The van der Waals surface area contributed by atoms with Crippen molar-refractivity contribution in [3.05, 3.63) is 22.1 Å². The van der Waals surface area contributed by atoms with Crippen LogP contribution in [0.15, 0.2) is 0 Å². The first-order valence-corrected chi connectivity index (χ1v) is 9.92. The van der Waals surface area contributed by atoms with Gasteiger partial charge < -0.3 is 10.0 Å². The number of aromatic nitrogens is 4. The van der Waals surface area contributed by atoms with Crippen molar-refractivity contribution in [3.8, 4) is 0 Å². The van der Waals surface area contributed by atoms with Gasteiger partial charge >= 0.3 is 0 Å². The molecule has 0 saturated carbocycles. The first kappa shape index (κ1) is 17.4. The molecule has 0 unspecified atom stereocenters. The van der Waals surface area contributed by atoms with Gasteiger partial charge in [-0.15, -0.1) is 16.4 Å². The summed E-state index contributed by atoms with van der Waals surface area (Å²) < 4.78 is 1.69. The first-order valence-electron chi connectivity index (χ1n) is 9.11. The molecular weight excluding hydrogens is 350 g/mol. The molecule has 3 heterocycles. The minimum absolute atomic E-state index is 0.0757. The minimum Gasteiger partial charge on any atom is -0.395 e. The molecule has 26 heavy (non-hydrogen) atoms. The van der Waals surface area contributed by atoms with Crippen molar-refractivity contribution in [3.63, 3.8) is 0 Å². The highest BCUT2D eigenvalue weighted by Crippen LogP contribution is 2.39. The first-order chi connectivity index (χ1) is 12.5. The fourth-order valence-corrected chi connectivity index (χ4v) is 4.96. The number of carbonyl (C=O) groups excluding carboxylic acids is 1. The maximum Gasteiger partial charge on any atom is 0.293 e. The highest BCUT2D eigenvalue weighted by Gasteiger charge is 2.26. The number of thiophene rings is 1. The number of hydrogen-bond donors (Lipinski definition) is 1. The Morgan fingerprint density at radius 2 is 2.23 bits per heavy atom. The van der Waals surface area contributed by atoms with Gasteiger partial charge in [0.15, 0.2) is 5.65 Å². The largest absolute Gasteiger partial charge is 0.395 e. The van der Waals surface area contributed by atoms with Gasteiger partial charge in [-0.25, -0.2) is 9.97 Å². The van der Waals surface area contributed by atoms with E-state index in [0.717, 1.165) is 34.5 Å². The van der Waals surface area contributed by atoms with Gasteiger partial charge in [-0.1, -0.05) is 6.92 Å². The van der Waals surface area contributed by atoms with Crippen LogP contribution in [-0.2, 0) is 12.8 Å². The molecule has 0 saturated heterocycles. The Balaban J connectivity index is 1.89. The molecule has 0 radical (unpaired) electrons. The SMILES string of the molecule is CCN(CCO)C(=O)c1nc2c3c4c(sc3nc(C)n2n1)CC[C@@H](C)C4. The summed E-state index contributed by atoms with van der Waals surface area (Å²) in [6.45, 7) is 6.76. The van der Waals surface area contributed by atoms with Crippen molar-refractivity contribution in [1.29, 1.82) is 0 Å². The molecule has 3 aromatic heterocycles. The standard InChI is InChI=1S/C18H23N5O2S/c1-4-22(7-8-24)18(25)15-20-16-14-12-9-10(2)5-6-13(12)26-17(14)19-11(3)23(16)21-15/h10,24H,4-9H2,1-3H3/t10-/m1/s1. The summed E-state index contributed by atoms with van der Waals surface area (Å²) >= 11 is 1.75. The Labute approximate surface area is 155 Å². The summed E-state index contributed by atoms with van der Waals surface area (Å²) in [5.74, 6) is 1.29. The minimum atomic E-state index is -0.254. The lowest BCUT2D eigenvalue weighted by Gasteiger charge is -2.17. The molecule has 1 aliphatic rings. The monoisotopic (exact) mass is 373 g/mol. The highest BCUT2D eigenvalue weighted by molar-refractivity contribution is 7.19. The molecule has 138 valence electrons. The number of amides is 1. The lowest BCUT2D eigenvalue weighted by Crippen LogP contribution is -2.34. The molecule has 1 amide bonds. The second-order valence-electron chi connectivity index (χ2n) is 6.97. The van der Waals surface area contributed by atoms with Crippen molar-refractivity contribution < 1.29 is 9.90 Å². The van der Waals surface area contributed by atoms with Crippen LogP contribution in [0.5, 0.6) is 0 Å². The Morgan fingerprint density at radius 1 is 1.42 bits per heavy atom. The van der Waals surface area contributed by atoms with Crippen LogP contribution < -0.4 is 0 Å². The van der Waals surface area contributed by atoms with E-state index in [1.807, 2.05) is 13.8 Å². The molecule has 0 aliphatic heterocycles. The van der Waals surface area contributed by atoms with Crippen LogP contribution in [0.3, 0.4) is 0 Å². The van der Waals surface area contributed by atoms with Crippen LogP contribution in [0.4, 0.5) is 0 Å². The van der Waals surface area contributed by atoms with Crippen molar-refractivity contribution in [2.45, 2.75) is 40.0 Å². The summed E-state index contributed by atoms with van der Waals surface area (Å²) in [5.41, 5.74) is 2.05. The van der Waals surface area contributed by atoms with Gasteiger partial charge in [-0.2, -0.15) is 4.52 Å². The Kier molecular flexibility index (Phi) is 4.40. The van der Waals surface area contributed by atoms with Crippen LogP contribution in [0.2, 0.25) is 0 Å². The number of aliphatic hydroxyl groups is 1. The van der Waals surface area contributed by atoms with Gasteiger partial charge in [-0.3, -0.25) is 4.79 Å². The molecule has 1 aliphatic carbocycles. The Morgan fingerprint density at radius 3 is 2.96 bits per heavy atom. The quantitative estimate of drug-likeness (QED) is 0.758. The highest BCUT2D eigenvalue weighted by atomic mass is 32.1. The number of nitrogens with zero attached hydrogens (tertiary/aromatic N) is 5. The van der Waals surface area contributed by atoms with Gasteiger partial charge in [0.05, 0.1) is 12.0 Å². The van der Waals surface area contributed by atoms with Crippen LogP contribution in [0, 0.1) is 12.8 Å². The lowest BCUT2D eigenvalue weighted by molar-refractivity contribution is 0.0720. The van der Waals surface area contributed by atoms with Crippen LogP contribution in [0.25, 0.3) is 15.9 Å². The smallest absolute Gasteiger partial charge is 0.293 e. The zero-order valence-electron chi connectivity index (χ0n) is 15.3. The van der Waals surface area contributed by atoms with E-state index >= 15 is 0 Å². The van der Waals surface area contributed by atoms with E-state index in [1.165, 1.54) is 16.9 Å². The van der Waals surface area contributed by atoms with Gasteiger partial charge in [0.1, 0.15) is 10.7 Å². The molecule has 0 spiro atoms. The van der Waals surface area contributed by atoms with E-state index in [0.29, 0.717) is 12.5 Å². The molecule has 1 N–H and O–H groups in total. The third kappa shape index (κ3) is 2.68. The van der Waals surface area contributed by atoms with Crippen molar-refractivity contribution in [2.24, 2.45) is 5.92 Å². The van der Waals surface area contributed by atoms with Gasteiger partial charge in [0.2, 0.25) is 5.82 Å². The van der Waals surface area contributed by atoms with Gasteiger partial charge in [0.25, 0.3) is 5.91 Å². The lowest BCUT2D eigenvalue weighted by atomic mass is 9.89. The number of aliphatic hydroxyl groups excluding tert-OH is 1. The summed E-state index contributed by atoms with van der Waals surface area (Å²) in [5, 5.41) is 14.7. The second-order valence-corrected chi connectivity index (χ2v) is 8.05. The maximum atomic E-state index is 12.7. The maximum absolute atomic E-state index is 12.7. The number of hydrogen-bond acceptors (Lipinski definition) is 6. The third-order valence-electron chi connectivity index (χ3n) is 5.12. The van der Waals surface area contributed by atoms with E-state index in [1.54, 1.807) is 20.8 Å². The summed E-state index contributed by atoms with van der Waals surface area (Å²) in [6, 6.07) is 0. The molecular formula is C18H23N5O2S. The average Bonchev–Trinajstić information content (AvgIpc) is 3.20. The molecule has 0 fully saturated rings. The van der Waals surface area contributed by atoms with Crippen LogP contribution in [-0.4, -0.2) is 55.2 Å². The number of likely N-dealkylation sites (N-methyl/N-ethyl adjacent to an activating group) is 1. The molecule has 1 atom stereocenters. The van der Waals surface area contributed by atoms with E-state index in [9.17, 15) is 4.79 Å². The van der Waals surface area contributed by atoms with Crippen LogP contribution >= 0.6 is 11.3 Å². The Bertz CT molecular complexity index is 993. The third-order valence-corrected chi connectivity index (χ3v) is 6.31. The summed E-state index contributed by atoms with van der Waals surface area (Å²) in [6.07, 6.45) is 3.32. The zero-order chi connectivity index (χ0) is 18.4. The van der Waals surface area contributed by atoms with Gasteiger partial charge in [-0.05, 0) is 44.6 Å². The molecule has 8 heteroatoms. The average molecular weight is 373 g/mol. The fraction of sp³-hybridized carbons (Fsp3) is 0.556. The molecule has 0 bridgehead atoms. The number of carbonyl (C=O) groups is 1. The topological polar surface area (TPSA) is 83.6 Å². The molecule has 4 rings (SSSR count). The fourth-order valence-electron chi connectivity index (χ4n) is 3.70. The van der Waals surface area contributed by atoms with E-state index in [-0.39, 0.29) is 24.9 Å². The number of aryl methyl sites for hydroxylation is 2. The predicted octanol–water partition coefficient (Wildman–Crippen LogP) is 2.23. The summed E-state index contributed by atoms with van der Waals surface area (Å²) in [7, 11) is 0. The van der Waals surface area contributed by atoms with E-state index in [2.05, 4.69) is 17.0 Å². The molecule has 0 aromatic carbocycles. The van der Waals surface area contributed by atoms with Gasteiger partial charge in [0, 0.05) is 18.0 Å². The van der Waals surface area contributed by atoms with E-state index < -0.39 is 0 Å². The van der Waals surface area contributed by atoms with Crippen molar-refractivity contribution >= 4 is 33.1 Å². The second kappa shape index (κ2) is 6.59. The molecule has 7 nitrogen and oxygen atoms in total. The normalized spacial score (nSPS) is 17.0. The van der Waals surface area contributed by atoms with Crippen molar-refractivity contribution in [1.82, 2.24) is 24.5 Å². The zero-order valence-corrected chi connectivity index (χ0v) is 16.1. The van der Waals surface area contributed by atoms with E-state index in [4.69, 9.17) is 10.1 Å². The molecule has 3 aromatic rings. The number of fused-ring (bicyclic) bond motifs is 5. The Hall–Kier alpha value is -2.06. The predicted molar refractivity (Wildman–Crippen MR) is 101 cm³/mol.